The largest absolute Gasteiger partial charge is 0.335 e. The number of aryl methyl sites for hydroxylation is 1. The molecule has 4 aromatic heterocycles. The molecule has 4 rings (SSSR count). The summed E-state index contributed by atoms with van der Waals surface area (Å²) in [4.78, 5) is 10.4. The van der Waals surface area contributed by atoms with Crippen molar-refractivity contribution in [2.24, 2.45) is 0 Å². The third-order valence-corrected chi connectivity index (χ3v) is 4.77. The van der Waals surface area contributed by atoms with Crippen molar-refractivity contribution in [3.63, 3.8) is 0 Å². The van der Waals surface area contributed by atoms with E-state index < -0.39 is 10.0 Å². The first-order valence-electron chi connectivity index (χ1n) is 7.16. The molecule has 4 heterocycles. The van der Waals surface area contributed by atoms with Gasteiger partial charge in [-0.3, -0.25) is 4.40 Å². The Balaban J connectivity index is 1.66. The van der Waals surface area contributed by atoms with Crippen LogP contribution in [0, 0.1) is 6.92 Å². The number of rotatable bonds is 5. The molecule has 4 aromatic rings. The van der Waals surface area contributed by atoms with Gasteiger partial charge in [-0.2, -0.15) is 4.98 Å². The second-order valence-corrected chi connectivity index (χ2v) is 6.85. The number of nitrogens with zero attached hydrogens (tertiary/aromatic N) is 6. The predicted octanol–water partition coefficient (Wildman–Crippen LogP) is 0.289. The highest BCUT2D eigenvalue weighted by Crippen LogP contribution is 2.22. The molecule has 0 atom stereocenters. The first kappa shape index (κ1) is 15.4. The van der Waals surface area contributed by atoms with Gasteiger partial charge in [0.25, 0.3) is 15.9 Å². The van der Waals surface area contributed by atoms with Gasteiger partial charge < -0.3 is 9.51 Å². The standard InChI is InChI=1S/C13H12N8O3S/c1-8-17-13(24-20-8)9-3-2-4-21-10(18-19-12(9)21)5-16-25(22,23)11-6-14-7-15-11/h2-4,6-7,16H,5H2,1H3,(H,14,15). The van der Waals surface area contributed by atoms with Gasteiger partial charge in [0, 0.05) is 6.20 Å². The molecule has 25 heavy (non-hydrogen) atoms. The Kier molecular flexibility index (Phi) is 3.54. The van der Waals surface area contributed by atoms with E-state index in [1.165, 1.54) is 12.5 Å². The molecule has 0 amide bonds. The Morgan fingerprint density at radius 2 is 2.24 bits per heavy atom. The normalized spacial score (nSPS) is 12.0. The average molecular weight is 360 g/mol. The van der Waals surface area contributed by atoms with Gasteiger partial charge in [0.2, 0.25) is 0 Å². The van der Waals surface area contributed by atoms with E-state index in [2.05, 4.69) is 35.0 Å². The van der Waals surface area contributed by atoms with E-state index in [1.807, 2.05) is 0 Å². The predicted molar refractivity (Wildman–Crippen MR) is 83.6 cm³/mol. The van der Waals surface area contributed by atoms with E-state index in [9.17, 15) is 8.42 Å². The minimum atomic E-state index is -3.71. The zero-order chi connectivity index (χ0) is 17.4. The maximum Gasteiger partial charge on any atom is 0.261 e. The summed E-state index contributed by atoms with van der Waals surface area (Å²) < 4.78 is 33.6. The topological polar surface area (TPSA) is 144 Å². The summed E-state index contributed by atoms with van der Waals surface area (Å²) >= 11 is 0. The molecule has 0 aliphatic carbocycles. The Morgan fingerprint density at radius 1 is 1.36 bits per heavy atom. The lowest BCUT2D eigenvalue weighted by Gasteiger charge is -2.04. The zero-order valence-corrected chi connectivity index (χ0v) is 13.7. The smallest absolute Gasteiger partial charge is 0.261 e. The maximum atomic E-state index is 12.1. The van der Waals surface area contributed by atoms with Gasteiger partial charge in [-0.15, -0.1) is 10.2 Å². The van der Waals surface area contributed by atoms with Crippen molar-refractivity contribution < 1.29 is 12.9 Å². The van der Waals surface area contributed by atoms with Gasteiger partial charge >= 0.3 is 0 Å². The van der Waals surface area contributed by atoms with Crippen LogP contribution in [0.25, 0.3) is 17.1 Å². The van der Waals surface area contributed by atoms with E-state index in [0.29, 0.717) is 28.8 Å². The van der Waals surface area contributed by atoms with Gasteiger partial charge in [-0.25, -0.2) is 18.1 Å². The van der Waals surface area contributed by atoms with Crippen LogP contribution in [0.1, 0.15) is 11.6 Å². The minimum Gasteiger partial charge on any atom is -0.335 e. The first-order chi connectivity index (χ1) is 12.0. The second kappa shape index (κ2) is 5.75. The number of sulfonamides is 1. The Morgan fingerprint density at radius 3 is 2.96 bits per heavy atom. The molecule has 12 heteroatoms. The van der Waals surface area contributed by atoms with Crippen LogP contribution >= 0.6 is 0 Å². The number of aromatic amines is 1. The third kappa shape index (κ3) is 2.77. The fraction of sp³-hybridized carbons (Fsp3) is 0.154. The van der Waals surface area contributed by atoms with Crippen molar-refractivity contribution in [1.82, 2.24) is 39.4 Å². The summed E-state index contributed by atoms with van der Waals surface area (Å²) in [6.07, 6.45) is 4.24. The number of imidazole rings is 1. The van der Waals surface area contributed by atoms with Crippen LogP contribution in [0.3, 0.4) is 0 Å². The summed E-state index contributed by atoms with van der Waals surface area (Å²) in [6, 6.07) is 3.54. The average Bonchev–Trinajstić information content (AvgIpc) is 3.33. The van der Waals surface area contributed by atoms with Crippen LogP contribution in [-0.2, 0) is 16.6 Å². The SMILES string of the molecule is Cc1noc(-c2cccn3c(CNS(=O)(=O)c4cnc[nH]4)nnc23)n1. The number of aromatic nitrogens is 7. The molecule has 0 aliphatic rings. The molecule has 128 valence electrons. The Hall–Kier alpha value is -3.12. The molecule has 2 N–H and O–H groups in total. The van der Waals surface area contributed by atoms with Gasteiger partial charge in [0.1, 0.15) is 0 Å². The lowest BCUT2D eigenvalue weighted by Crippen LogP contribution is -2.24. The fourth-order valence-electron chi connectivity index (χ4n) is 2.29. The van der Waals surface area contributed by atoms with Crippen LogP contribution in [-0.4, -0.2) is 43.1 Å². The molecular formula is C13H12N8O3S. The maximum absolute atomic E-state index is 12.1. The number of pyridine rings is 1. The van der Waals surface area contributed by atoms with Crippen LogP contribution in [0.15, 0.2) is 40.4 Å². The minimum absolute atomic E-state index is 0.0247. The van der Waals surface area contributed by atoms with Crippen molar-refractivity contribution in [2.45, 2.75) is 18.5 Å². The molecule has 0 aliphatic heterocycles. The lowest BCUT2D eigenvalue weighted by molar-refractivity contribution is 0.426. The summed E-state index contributed by atoms with van der Waals surface area (Å²) in [5.74, 6) is 1.24. The number of fused-ring (bicyclic) bond motifs is 1. The second-order valence-electron chi connectivity index (χ2n) is 5.12. The van der Waals surface area contributed by atoms with Crippen LogP contribution in [0.2, 0.25) is 0 Å². The van der Waals surface area contributed by atoms with E-state index in [-0.39, 0.29) is 11.6 Å². The summed E-state index contributed by atoms with van der Waals surface area (Å²) in [5, 5.41) is 11.9. The molecule has 0 spiro atoms. The quantitative estimate of drug-likeness (QED) is 0.517. The molecule has 0 saturated carbocycles. The van der Waals surface area contributed by atoms with Gasteiger partial charge in [0.05, 0.1) is 24.6 Å². The highest BCUT2D eigenvalue weighted by atomic mass is 32.2. The van der Waals surface area contributed by atoms with Gasteiger partial charge in [-0.05, 0) is 19.1 Å². The molecular weight excluding hydrogens is 348 g/mol. The van der Waals surface area contributed by atoms with Crippen molar-refractivity contribution in [2.75, 3.05) is 0 Å². The summed E-state index contributed by atoms with van der Waals surface area (Å²) in [6.45, 7) is 1.67. The molecule has 0 saturated heterocycles. The van der Waals surface area contributed by atoms with Gasteiger partial charge in [0.15, 0.2) is 22.3 Å². The van der Waals surface area contributed by atoms with E-state index in [0.717, 1.165) is 0 Å². The molecule has 0 unspecified atom stereocenters. The number of nitrogens with one attached hydrogen (secondary N) is 2. The van der Waals surface area contributed by atoms with Crippen molar-refractivity contribution in [3.05, 3.63) is 42.5 Å². The molecule has 0 aromatic carbocycles. The van der Waals surface area contributed by atoms with E-state index in [4.69, 9.17) is 4.52 Å². The van der Waals surface area contributed by atoms with Crippen molar-refractivity contribution in [3.8, 4) is 11.5 Å². The first-order valence-corrected chi connectivity index (χ1v) is 8.64. The Bertz CT molecular complexity index is 1130. The third-order valence-electron chi connectivity index (χ3n) is 3.45. The number of H-pyrrole nitrogens is 1. The van der Waals surface area contributed by atoms with Crippen molar-refractivity contribution >= 4 is 15.7 Å². The van der Waals surface area contributed by atoms with Crippen LogP contribution in [0.4, 0.5) is 0 Å². The van der Waals surface area contributed by atoms with Crippen molar-refractivity contribution in [1.29, 1.82) is 0 Å². The van der Waals surface area contributed by atoms with E-state index in [1.54, 1.807) is 29.7 Å². The summed E-state index contributed by atoms with van der Waals surface area (Å²) in [7, 11) is -3.71. The molecule has 0 fully saturated rings. The molecule has 0 radical (unpaired) electrons. The van der Waals surface area contributed by atoms with Crippen LogP contribution < -0.4 is 4.72 Å². The monoisotopic (exact) mass is 360 g/mol. The highest BCUT2D eigenvalue weighted by molar-refractivity contribution is 7.89. The van der Waals surface area contributed by atoms with Crippen LogP contribution in [0.5, 0.6) is 0 Å². The highest BCUT2D eigenvalue weighted by Gasteiger charge is 2.18. The molecule has 0 bridgehead atoms. The number of hydrogen-bond donors (Lipinski definition) is 2. The molecule has 11 nitrogen and oxygen atoms in total. The van der Waals surface area contributed by atoms with Gasteiger partial charge in [-0.1, -0.05) is 5.16 Å². The zero-order valence-electron chi connectivity index (χ0n) is 12.9. The lowest BCUT2D eigenvalue weighted by atomic mass is 10.2. The van der Waals surface area contributed by atoms with E-state index >= 15 is 0 Å². The fourth-order valence-corrected chi connectivity index (χ4v) is 3.17. The number of hydrogen-bond acceptors (Lipinski definition) is 8. The summed E-state index contributed by atoms with van der Waals surface area (Å²) in [5.41, 5.74) is 1.10. The Labute approximate surface area is 141 Å².